The molecule has 134 valence electrons. The number of hydrogen-bond acceptors (Lipinski definition) is 7. The Labute approximate surface area is 148 Å². The van der Waals surface area contributed by atoms with E-state index in [1.807, 2.05) is 0 Å². The van der Waals surface area contributed by atoms with Gasteiger partial charge < -0.3 is 10.6 Å². The molecule has 0 unspecified atom stereocenters. The molecule has 1 aliphatic heterocycles. The van der Waals surface area contributed by atoms with Gasteiger partial charge in [-0.25, -0.2) is 20.0 Å². The van der Waals surface area contributed by atoms with E-state index in [0.717, 1.165) is 6.26 Å². The van der Waals surface area contributed by atoms with Crippen LogP contribution >= 0.6 is 0 Å². The third-order valence-corrected chi connectivity index (χ3v) is 5.58. The van der Waals surface area contributed by atoms with Gasteiger partial charge in [-0.05, 0) is 0 Å². The van der Waals surface area contributed by atoms with Gasteiger partial charge in [-0.2, -0.15) is 18.9 Å². The smallest absolute Gasteiger partial charge is 0.242 e. The van der Waals surface area contributed by atoms with Crippen LogP contribution in [0.25, 0.3) is 21.9 Å². The molecule has 4 rings (SSSR count). The molecule has 1 fully saturated rings. The summed E-state index contributed by atoms with van der Waals surface area (Å²) < 4.78 is 27.9. The van der Waals surface area contributed by atoms with Crippen molar-refractivity contribution < 1.29 is 8.42 Å². The summed E-state index contributed by atoms with van der Waals surface area (Å²) >= 11 is 0. The molecule has 0 saturated carbocycles. The number of sulfonamides is 1. The van der Waals surface area contributed by atoms with Crippen molar-refractivity contribution in [1.82, 2.24) is 33.7 Å². The minimum atomic E-state index is -3.29. The van der Waals surface area contributed by atoms with Gasteiger partial charge in [-0.15, -0.1) is 5.10 Å². The van der Waals surface area contributed by atoms with Gasteiger partial charge in [-0.3, -0.25) is 4.68 Å². The molecule has 0 aromatic carbocycles. The van der Waals surface area contributed by atoms with Crippen molar-refractivity contribution in [1.29, 1.82) is 0 Å². The summed E-state index contributed by atoms with van der Waals surface area (Å²) in [4.78, 5) is 11.9. The predicted molar refractivity (Wildman–Crippen MR) is 92.3 cm³/mol. The number of hydrogen-bond donors (Lipinski definition) is 1. The van der Waals surface area contributed by atoms with E-state index in [4.69, 9.17) is 12.3 Å². The Morgan fingerprint density at radius 3 is 2.88 bits per heavy atom. The van der Waals surface area contributed by atoms with Crippen molar-refractivity contribution in [2.75, 3.05) is 31.6 Å². The fraction of sp³-hybridized carbons (Fsp3) is 0.357. The predicted octanol–water partition coefficient (Wildman–Crippen LogP) is -0.540. The molecule has 3 aromatic heterocycles. The number of nitrogen functional groups attached to an aromatic ring is 1. The quantitative estimate of drug-likeness (QED) is 0.608. The molecule has 1 saturated heterocycles. The van der Waals surface area contributed by atoms with Crippen LogP contribution in [-0.4, -0.2) is 68.0 Å². The van der Waals surface area contributed by atoms with E-state index >= 15 is 0 Å². The maximum absolute atomic E-state index is 11.7. The van der Waals surface area contributed by atoms with Crippen molar-refractivity contribution in [2.45, 2.75) is 5.54 Å². The topological polar surface area (TPSA) is 129 Å². The lowest BCUT2D eigenvalue weighted by Crippen LogP contribution is -2.65. The molecule has 0 aliphatic carbocycles. The van der Waals surface area contributed by atoms with E-state index in [2.05, 4.69) is 25.0 Å². The Hall–Kier alpha value is -3.04. The van der Waals surface area contributed by atoms with Gasteiger partial charge in [0, 0.05) is 31.5 Å². The zero-order valence-corrected chi connectivity index (χ0v) is 14.6. The van der Waals surface area contributed by atoms with E-state index in [0.29, 0.717) is 17.0 Å². The molecule has 0 bridgehead atoms. The number of nitrogens with zero attached hydrogens (tertiary/aromatic N) is 8. The monoisotopic (exact) mass is 373 g/mol. The first-order chi connectivity index (χ1) is 12.3. The van der Waals surface area contributed by atoms with Crippen LogP contribution in [0.4, 0.5) is 5.95 Å². The van der Waals surface area contributed by atoms with Crippen LogP contribution in [0.3, 0.4) is 0 Å². The van der Waals surface area contributed by atoms with Crippen LogP contribution < -0.4 is 5.73 Å². The van der Waals surface area contributed by atoms with Crippen molar-refractivity contribution in [3.05, 3.63) is 36.1 Å². The van der Waals surface area contributed by atoms with Crippen LogP contribution in [0.15, 0.2) is 24.7 Å². The van der Waals surface area contributed by atoms with Gasteiger partial charge in [0.25, 0.3) is 0 Å². The van der Waals surface area contributed by atoms with Crippen LogP contribution in [0.2, 0.25) is 0 Å². The largest absolute Gasteiger partial charge is 0.366 e. The molecular weight excluding hydrogens is 358 g/mol. The molecule has 0 radical (unpaired) electrons. The zero-order valence-electron chi connectivity index (χ0n) is 13.8. The van der Waals surface area contributed by atoms with E-state index in [1.54, 1.807) is 29.3 Å². The van der Waals surface area contributed by atoms with E-state index < -0.39 is 15.6 Å². The summed E-state index contributed by atoms with van der Waals surface area (Å²) in [6.45, 7) is 7.77. The van der Waals surface area contributed by atoms with Crippen molar-refractivity contribution in [3.8, 4) is 11.4 Å². The summed E-state index contributed by atoms with van der Waals surface area (Å²) in [5, 5.41) is 8.48. The Morgan fingerprint density at radius 2 is 2.19 bits per heavy atom. The number of fused-ring (bicyclic) bond motifs is 1. The third-order valence-electron chi connectivity index (χ3n) is 4.38. The first-order valence-electron chi connectivity index (χ1n) is 7.63. The van der Waals surface area contributed by atoms with Gasteiger partial charge in [0.05, 0.1) is 18.0 Å². The lowest BCUT2D eigenvalue weighted by Gasteiger charge is -2.45. The maximum Gasteiger partial charge on any atom is 0.242 e. The van der Waals surface area contributed by atoms with Crippen molar-refractivity contribution in [3.63, 3.8) is 0 Å². The minimum absolute atomic E-state index is 0.133. The van der Waals surface area contributed by atoms with Gasteiger partial charge in [0.15, 0.2) is 17.0 Å². The molecule has 4 heterocycles. The van der Waals surface area contributed by atoms with Crippen LogP contribution in [0, 0.1) is 6.57 Å². The molecule has 2 N–H and O–H groups in total. The second-order valence-electron chi connectivity index (χ2n) is 6.25. The first-order valence-corrected chi connectivity index (χ1v) is 9.48. The minimum Gasteiger partial charge on any atom is -0.366 e. The first kappa shape index (κ1) is 16.4. The highest BCUT2D eigenvalue weighted by Gasteiger charge is 2.52. The van der Waals surface area contributed by atoms with Gasteiger partial charge in [0.2, 0.25) is 22.5 Å². The lowest BCUT2D eigenvalue weighted by molar-refractivity contribution is 0.0839. The maximum atomic E-state index is 11.7. The molecule has 0 amide bonds. The molecule has 0 spiro atoms. The summed E-state index contributed by atoms with van der Waals surface area (Å²) in [6, 6.07) is 1.69. The molecule has 0 atom stereocenters. The Bertz CT molecular complexity index is 1130. The fourth-order valence-corrected chi connectivity index (χ4v) is 3.99. The number of aromatic nitrogens is 6. The second-order valence-corrected chi connectivity index (χ2v) is 8.24. The third kappa shape index (κ3) is 2.49. The van der Waals surface area contributed by atoms with E-state index in [9.17, 15) is 8.42 Å². The molecular formula is C14H15N9O2S. The van der Waals surface area contributed by atoms with Crippen molar-refractivity contribution >= 4 is 21.6 Å². The molecule has 1 aliphatic rings. The lowest BCUT2D eigenvalue weighted by atomic mass is 9.93. The fourth-order valence-electron chi connectivity index (χ4n) is 3.04. The number of anilines is 1. The Kier molecular flexibility index (Phi) is 3.46. The summed E-state index contributed by atoms with van der Waals surface area (Å²) in [6.07, 6.45) is 6.10. The number of rotatable bonds is 4. The van der Waals surface area contributed by atoms with E-state index in [1.165, 1.54) is 8.82 Å². The molecule has 12 heteroatoms. The second kappa shape index (κ2) is 5.48. The average Bonchev–Trinajstić information content (AvgIpc) is 3.14. The van der Waals surface area contributed by atoms with Crippen molar-refractivity contribution in [2.24, 2.45) is 0 Å². The molecule has 3 aromatic rings. The van der Waals surface area contributed by atoms with Crippen LogP contribution in [-0.2, 0) is 15.6 Å². The summed E-state index contributed by atoms with van der Waals surface area (Å²) in [5.74, 6) is 0.647. The van der Waals surface area contributed by atoms with E-state index in [-0.39, 0.29) is 25.6 Å². The standard InChI is InChI=1S/C14H15N9O2S/c1-16-7-14(8-21(9-14)26(2,24)25)22-6-10(5-18-22)12-17-4-3-11-19-13(15)20-23(11)12/h3-6H,7-9H2,2H3,(H2,15,20). The zero-order chi connectivity index (χ0) is 18.5. The Balaban J connectivity index is 1.72. The molecule has 11 nitrogen and oxygen atoms in total. The normalized spacial score (nSPS) is 17.1. The highest BCUT2D eigenvalue weighted by Crippen LogP contribution is 2.32. The highest BCUT2D eigenvalue weighted by atomic mass is 32.2. The highest BCUT2D eigenvalue weighted by molar-refractivity contribution is 7.88. The summed E-state index contributed by atoms with van der Waals surface area (Å²) in [5.41, 5.74) is 6.20. The Morgan fingerprint density at radius 1 is 1.42 bits per heavy atom. The van der Waals surface area contributed by atoms with Gasteiger partial charge >= 0.3 is 0 Å². The average molecular weight is 373 g/mol. The summed E-state index contributed by atoms with van der Waals surface area (Å²) in [7, 11) is -3.29. The number of nitrogens with two attached hydrogens (primary N) is 1. The van der Waals surface area contributed by atoms with Crippen LogP contribution in [0.5, 0.6) is 0 Å². The van der Waals surface area contributed by atoms with Gasteiger partial charge in [-0.1, -0.05) is 0 Å². The van der Waals surface area contributed by atoms with Crippen LogP contribution in [0.1, 0.15) is 0 Å². The molecule has 26 heavy (non-hydrogen) atoms. The SMILES string of the molecule is [C-]#[N+]CC1(n2cc(-c3nccc4nc(N)nn34)cn2)CN(S(C)(=O)=O)C1. The van der Waals surface area contributed by atoms with Gasteiger partial charge in [0.1, 0.15) is 0 Å².